The van der Waals surface area contributed by atoms with Crippen LogP contribution in [0.25, 0.3) is 11.4 Å². The van der Waals surface area contributed by atoms with Gasteiger partial charge < -0.3 is 19.4 Å². The Morgan fingerprint density at radius 2 is 1.72 bits per heavy atom. The molecular formula is C24H28N4O4. The second-order valence-electron chi connectivity index (χ2n) is 7.57. The standard InChI is InChI=1S/C24H28N4O4/c1-16-5-8-18(9-6-16)23-25-24(30)19(26-27-23)10-12-22(29)28(2)14-13-17-7-11-20(31-3)21(15-17)32-4/h5-9,11,15H,10,12-14H2,1-4H3,(H,25,27,30). The van der Waals surface area contributed by atoms with Crippen LogP contribution in [0, 0.1) is 6.92 Å². The molecule has 1 heterocycles. The molecule has 3 aromatic rings. The number of aromatic nitrogens is 3. The summed E-state index contributed by atoms with van der Waals surface area (Å²) < 4.78 is 10.6. The average Bonchev–Trinajstić information content (AvgIpc) is 2.81. The van der Waals surface area contributed by atoms with Crippen molar-refractivity contribution in [2.45, 2.75) is 26.2 Å². The Morgan fingerprint density at radius 3 is 2.38 bits per heavy atom. The van der Waals surface area contributed by atoms with Crippen LogP contribution in [0.4, 0.5) is 0 Å². The molecule has 0 atom stereocenters. The fraction of sp³-hybridized carbons (Fsp3) is 0.333. The fourth-order valence-electron chi connectivity index (χ4n) is 3.24. The average molecular weight is 437 g/mol. The molecule has 0 unspecified atom stereocenters. The third-order valence-electron chi connectivity index (χ3n) is 5.28. The Labute approximate surface area is 187 Å². The van der Waals surface area contributed by atoms with E-state index in [0.29, 0.717) is 30.3 Å². The van der Waals surface area contributed by atoms with Gasteiger partial charge in [0.25, 0.3) is 5.56 Å². The summed E-state index contributed by atoms with van der Waals surface area (Å²) in [4.78, 5) is 29.3. The number of aromatic amines is 1. The number of aryl methyl sites for hydroxylation is 2. The van der Waals surface area contributed by atoms with Crippen LogP contribution in [0.3, 0.4) is 0 Å². The molecule has 0 aliphatic heterocycles. The van der Waals surface area contributed by atoms with Crippen LogP contribution in [0.15, 0.2) is 47.3 Å². The van der Waals surface area contributed by atoms with Crippen LogP contribution in [0.2, 0.25) is 0 Å². The molecule has 0 aliphatic rings. The molecule has 8 heteroatoms. The summed E-state index contributed by atoms with van der Waals surface area (Å²) in [5, 5.41) is 8.16. The van der Waals surface area contributed by atoms with Crippen molar-refractivity contribution in [2.24, 2.45) is 0 Å². The Kier molecular flexibility index (Phi) is 7.59. The van der Waals surface area contributed by atoms with E-state index in [2.05, 4.69) is 15.2 Å². The number of carbonyl (C=O) groups excluding carboxylic acids is 1. The number of methoxy groups -OCH3 is 2. The van der Waals surface area contributed by atoms with Gasteiger partial charge in [0.15, 0.2) is 17.3 Å². The van der Waals surface area contributed by atoms with Gasteiger partial charge in [0.2, 0.25) is 5.91 Å². The van der Waals surface area contributed by atoms with E-state index in [-0.39, 0.29) is 30.0 Å². The van der Waals surface area contributed by atoms with Gasteiger partial charge in [0, 0.05) is 32.0 Å². The number of nitrogens with zero attached hydrogens (tertiary/aromatic N) is 3. The second-order valence-corrected chi connectivity index (χ2v) is 7.57. The predicted octanol–water partition coefficient (Wildman–Crippen LogP) is 2.79. The van der Waals surface area contributed by atoms with Gasteiger partial charge in [-0.3, -0.25) is 9.59 Å². The lowest BCUT2D eigenvalue weighted by Gasteiger charge is -2.17. The molecule has 0 fully saturated rings. The van der Waals surface area contributed by atoms with E-state index in [1.807, 2.05) is 49.4 Å². The van der Waals surface area contributed by atoms with Crippen molar-refractivity contribution in [3.05, 3.63) is 69.6 Å². The lowest BCUT2D eigenvalue weighted by molar-refractivity contribution is -0.129. The first kappa shape index (κ1) is 23.0. The number of carbonyl (C=O) groups is 1. The van der Waals surface area contributed by atoms with Crippen molar-refractivity contribution in [3.8, 4) is 22.9 Å². The van der Waals surface area contributed by atoms with E-state index >= 15 is 0 Å². The van der Waals surface area contributed by atoms with Gasteiger partial charge in [-0.15, -0.1) is 10.2 Å². The Bertz CT molecular complexity index is 1130. The highest BCUT2D eigenvalue weighted by atomic mass is 16.5. The molecule has 32 heavy (non-hydrogen) atoms. The van der Waals surface area contributed by atoms with Gasteiger partial charge in [-0.2, -0.15) is 0 Å². The maximum atomic E-state index is 12.5. The van der Waals surface area contributed by atoms with Crippen molar-refractivity contribution in [2.75, 3.05) is 27.8 Å². The summed E-state index contributed by atoms with van der Waals surface area (Å²) in [5.74, 6) is 1.68. The van der Waals surface area contributed by atoms with E-state index in [1.54, 1.807) is 26.2 Å². The van der Waals surface area contributed by atoms with E-state index < -0.39 is 0 Å². The number of H-pyrrole nitrogens is 1. The van der Waals surface area contributed by atoms with E-state index in [1.165, 1.54) is 0 Å². The summed E-state index contributed by atoms with van der Waals surface area (Å²) in [6.07, 6.45) is 1.09. The third-order valence-corrected chi connectivity index (χ3v) is 5.28. The molecule has 2 aromatic carbocycles. The number of amides is 1. The summed E-state index contributed by atoms with van der Waals surface area (Å²) in [6, 6.07) is 13.4. The third kappa shape index (κ3) is 5.72. The van der Waals surface area contributed by atoms with Crippen molar-refractivity contribution < 1.29 is 14.3 Å². The molecule has 1 aromatic heterocycles. The molecule has 0 spiro atoms. The molecule has 0 saturated carbocycles. The van der Waals surface area contributed by atoms with Crippen molar-refractivity contribution in [1.82, 2.24) is 20.1 Å². The highest BCUT2D eigenvalue weighted by molar-refractivity contribution is 5.76. The summed E-state index contributed by atoms with van der Waals surface area (Å²) >= 11 is 0. The quantitative estimate of drug-likeness (QED) is 0.554. The van der Waals surface area contributed by atoms with E-state index in [4.69, 9.17) is 9.47 Å². The smallest absolute Gasteiger partial charge is 0.273 e. The first-order valence-corrected chi connectivity index (χ1v) is 10.4. The number of ether oxygens (including phenoxy) is 2. The largest absolute Gasteiger partial charge is 0.493 e. The Balaban J connectivity index is 1.54. The van der Waals surface area contributed by atoms with Gasteiger partial charge in [-0.1, -0.05) is 35.9 Å². The van der Waals surface area contributed by atoms with Crippen molar-refractivity contribution in [3.63, 3.8) is 0 Å². The van der Waals surface area contributed by atoms with E-state index in [0.717, 1.165) is 16.7 Å². The lowest BCUT2D eigenvalue weighted by atomic mass is 10.1. The van der Waals surface area contributed by atoms with Crippen LogP contribution in [0.5, 0.6) is 11.5 Å². The minimum atomic E-state index is -0.323. The van der Waals surface area contributed by atoms with Gasteiger partial charge >= 0.3 is 0 Å². The predicted molar refractivity (Wildman–Crippen MR) is 122 cm³/mol. The zero-order chi connectivity index (χ0) is 23.1. The number of hydrogen-bond acceptors (Lipinski definition) is 6. The minimum Gasteiger partial charge on any atom is -0.493 e. The molecule has 1 N–H and O–H groups in total. The monoisotopic (exact) mass is 436 g/mol. The van der Waals surface area contributed by atoms with Crippen LogP contribution in [-0.2, 0) is 17.6 Å². The van der Waals surface area contributed by atoms with Crippen LogP contribution in [0.1, 0.15) is 23.2 Å². The number of rotatable bonds is 9. The summed E-state index contributed by atoms with van der Waals surface area (Å²) in [7, 11) is 4.93. The zero-order valence-corrected chi connectivity index (χ0v) is 18.8. The van der Waals surface area contributed by atoms with Crippen LogP contribution in [-0.4, -0.2) is 53.8 Å². The number of nitrogens with one attached hydrogen (secondary N) is 1. The van der Waals surface area contributed by atoms with Crippen molar-refractivity contribution >= 4 is 5.91 Å². The maximum Gasteiger partial charge on any atom is 0.273 e. The van der Waals surface area contributed by atoms with Gasteiger partial charge in [-0.25, -0.2) is 0 Å². The van der Waals surface area contributed by atoms with Crippen LogP contribution < -0.4 is 15.0 Å². The zero-order valence-electron chi connectivity index (χ0n) is 18.8. The van der Waals surface area contributed by atoms with Gasteiger partial charge in [0.1, 0.15) is 5.69 Å². The lowest BCUT2D eigenvalue weighted by Crippen LogP contribution is -2.30. The number of hydrogen-bond donors (Lipinski definition) is 1. The van der Waals surface area contributed by atoms with Gasteiger partial charge in [0.05, 0.1) is 14.2 Å². The Hall–Kier alpha value is -3.68. The minimum absolute atomic E-state index is 0.0608. The SMILES string of the molecule is COc1ccc(CCN(C)C(=O)CCc2nnc(-c3ccc(C)cc3)[nH]c2=O)cc1OC. The highest BCUT2D eigenvalue weighted by Gasteiger charge is 2.13. The molecule has 0 bridgehead atoms. The molecule has 3 rings (SSSR count). The first-order valence-electron chi connectivity index (χ1n) is 10.4. The fourth-order valence-corrected chi connectivity index (χ4v) is 3.24. The number of benzene rings is 2. The maximum absolute atomic E-state index is 12.5. The molecule has 1 amide bonds. The highest BCUT2D eigenvalue weighted by Crippen LogP contribution is 2.27. The summed E-state index contributed by atoms with van der Waals surface area (Å²) in [5.41, 5.74) is 2.88. The molecule has 0 aliphatic carbocycles. The van der Waals surface area contributed by atoms with Crippen molar-refractivity contribution in [1.29, 1.82) is 0 Å². The van der Waals surface area contributed by atoms with E-state index in [9.17, 15) is 9.59 Å². The molecular weight excluding hydrogens is 408 g/mol. The molecule has 168 valence electrons. The molecule has 0 radical (unpaired) electrons. The summed E-state index contributed by atoms with van der Waals surface area (Å²) in [6.45, 7) is 2.53. The normalized spacial score (nSPS) is 10.6. The van der Waals surface area contributed by atoms with Gasteiger partial charge in [-0.05, 0) is 31.0 Å². The first-order chi connectivity index (χ1) is 15.4. The second kappa shape index (κ2) is 10.6. The Morgan fingerprint density at radius 1 is 1.00 bits per heavy atom. The molecule has 8 nitrogen and oxygen atoms in total. The van der Waals surface area contributed by atoms with Crippen LogP contribution >= 0.6 is 0 Å². The topological polar surface area (TPSA) is 97.4 Å². The number of likely N-dealkylation sites (N-methyl/N-ethyl adjacent to an activating group) is 1. The molecule has 0 saturated heterocycles.